The van der Waals surface area contributed by atoms with Crippen LogP contribution in [-0.2, 0) is 12.8 Å². The minimum absolute atomic E-state index is 0.0591. The quantitative estimate of drug-likeness (QED) is 0.777. The number of nitrogens with zero attached hydrogens (tertiary/aromatic N) is 1. The summed E-state index contributed by atoms with van der Waals surface area (Å²) in [4.78, 5) is 25.7. The first-order valence-corrected chi connectivity index (χ1v) is 8.38. The number of para-hydroxylation sites is 1. The number of carbonyl (C=O) groups excluding carboxylic acids is 1. The molecule has 0 atom stereocenters. The molecular weight excluding hydrogens is 324 g/mol. The summed E-state index contributed by atoms with van der Waals surface area (Å²) in [5.41, 5.74) is 1.67. The lowest BCUT2D eigenvalue weighted by Gasteiger charge is -2.04. The highest BCUT2D eigenvalue weighted by molar-refractivity contribution is 7.16. The van der Waals surface area contributed by atoms with Gasteiger partial charge in [-0.05, 0) is 37.0 Å². The number of nitriles is 1. The molecule has 1 amide bonds. The Kier molecular flexibility index (Phi) is 3.44. The highest BCUT2D eigenvalue weighted by atomic mass is 32.1. The maximum Gasteiger partial charge on any atom is 0.292 e. The summed E-state index contributed by atoms with van der Waals surface area (Å²) in [6.45, 7) is 0. The largest absolute Gasteiger partial charge is 0.451 e. The van der Waals surface area contributed by atoms with E-state index in [9.17, 15) is 14.9 Å². The Morgan fingerprint density at radius 3 is 2.96 bits per heavy atom. The monoisotopic (exact) mass is 336 g/mol. The van der Waals surface area contributed by atoms with Crippen molar-refractivity contribution < 1.29 is 9.21 Å². The fraction of sp³-hybridized carbons (Fsp3) is 0.167. The van der Waals surface area contributed by atoms with Crippen LogP contribution in [0.5, 0.6) is 0 Å². The zero-order chi connectivity index (χ0) is 16.7. The first-order chi connectivity index (χ1) is 11.7. The highest BCUT2D eigenvalue weighted by Gasteiger charge is 2.24. The summed E-state index contributed by atoms with van der Waals surface area (Å²) in [7, 11) is 0. The predicted octanol–water partition coefficient (Wildman–Crippen LogP) is 3.47. The Hall–Kier alpha value is -2.91. The average molecular weight is 336 g/mol. The van der Waals surface area contributed by atoms with Crippen LogP contribution in [0.2, 0.25) is 0 Å². The lowest BCUT2D eigenvalue weighted by molar-refractivity contribution is 0.0997. The standard InChI is InChI=1S/C18H12N2O3S/c19-9-12-10-5-3-7-16(10)24-18(12)20-17(22)15-8-13(21)11-4-1-2-6-14(11)23-15/h1-2,4,6,8H,3,5,7H2,(H,20,22). The minimum atomic E-state index is -0.519. The van der Waals surface area contributed by atoms with Crippen molar-refractivity contribution >= 4 is 33.2 Å². The van der Waals surface area contributed by atoms with Gasteiger partial charge in [0.1, 0.15) is 16.7 Å². The molecule has 24 heavy (non-hydrogen) atoms. The molecule has 6 heteroatoms. The van der Waals surface area contributed by atoms with Crippen LogP contribution in [0.25, 0.3) is 11.0 Å². The number of nitrogens with one attached hydrogen (secondary N) is 1. The molecule has 0 aliphatic heterocycles. The van der Waals surface area contributed by atoms with E-state index in [1.54, 1.807) is 24.3 Å². The fourth-order valence-electron chi connectivity index (χ4n) is 2.99. The van der Waals surface area contributed by atoms with Gasteiger partial charge in [0, 0.05) is 10.9 Å². The van der Waals surface area contributed by atoms with Crippen LogP contribution >= 0.6 is 11.3 Å². The Morgan fingerprint density at radius 2 is 2.12 bits per heavy atom. The summed E-state index contributed by atoms with van der Waals surface area (Å²) in [5.74, 6) is -0.578. The van der Waals surface area contributed by atoms with Crippen LogP contribution < -0.4 is 10.7 Å². The first kappa shape index (κ1) is 14.7. The molecule has 2 heterocycles. The van der Waals surface area contributed by atoms with E-state index >= 15 is 0 Å². The van der Waals surface area contributed by atoms with Gasteiger partial charge in [-0.15, -0.1) is 11.3 Å². The third kappa shape index (κ3) is 2.30. The van der Waals surface area contributed by atoms with Crippen LogP contribution in [0.15, 0.2) is 39.5 Å². The van der Waals surface area contributed by atoms with E-state index in [2.05, 4.69) is 11.4 Å². The van der Waals surface area contributed by atoms with Crippen LogP contribution in [0, 0.1) is 11.3 Å². The number of anilines is 1. The number of thiophene rings is 1. The highest BCUT2D eigenvalue weighted by Crippen LogP contribution is 2.38. The molecule has 1 aliphatic carbocycles. The molecule has 4 rings (SSSR count). The lowest BCUT2D eigenvalue weighted by Crippen LogP contribution is -2.15. The number of aryl methyl sites for hydroxylation is 1. The summed E-state index contributed by atoms with van der Waals surface area (Å²) in [5, 5.41) is 13.1. The van der Waals surface area contributed by atoms with Gasteiger partial charge in [-0.1, -0.05) is 12.1 Å². The second-order valence-corrected chi connectivity index (χ2v) is 6.70. The van der Waals surface area contributed by atoms with E-state index in [0.29, 0.717) is 21.5 Å². The van der Waals surface area contributed by atoms with Gasteiger partial charge in [-0.2, -0.15) is 5.26 Å². The SMILES string of the molecule is N#Cc1c(NC(=O)c2cc(=O)c3ccccc3o2)sc2c1CCC2. The molecule has 0 saturated carbocycles. The third-order valence-corrected chi connectivity index (χ3v) is 5.33. The van der Waals surface area contributed by atoms with Gasteiger partial charge in [0.05, 0.1) is 10.9 Å². The molecule has 0 saturated heterocycles. The predicted molar refractivity (Wildman–Crippen MR) is 91.5 cm³/mol. The van der Waals surface area contributed by atoms with Crippen molar-refractivity contribution in [2.45, 2.75) is 19.3 Å². The molecule has 1 aromatic carbocycles. The minimum Gasteiger partial charge on any atom is -0.451 e. The van der Waals surface area contributed by atoms with Gasteiger partial charge >= 0.3 is 0 Å². The van der Waals surface area contributed by atoms with Gasteiger partial charge in [0.2, 0.25) is 0 Å². The van der Waals surface area contributed by atoms with E-state index in [1.807, 2.05) is 0 Å². The van der Waals surface area contributed by atoms with E-state index in [-0.39, 0.29) is 11.2 Å². The number of hydrogen-bond acceptors (Lipinski definition) is 5. The van der Waals surface area contributed by atoms with Gasteiger partial charge in [-0.3, -0.25) is 9.59 Å². The normalized spacial score (nSPS) is 12.8. The summed E-state index contributed by atoms with van der Waals surface area (Å²) >= 11 is 1.43. The van der Waals surface area contributed by atoms with E-state index in [1.165, 1.54) is 17.4 Å². The summed E-state index contributed by atoms with van der Waals surface area (Å²) in [6.07, 6.45) is 2.86. The second kappa shape index (κ2) is 5.62. The number of hydrogen-bond donors (Lipinski definition) is 1. The topological polar surface area (TPSA) is 83.1 Å². The van der Waals surface area contributed by atoms with E-state index in [0.717, 1.165) is 29.7 Å². The van der Waals surface area contributed by atoms with Crippen molar-refractivity contribution in [3.63, 3.8) is 0 Å². The first-order valence-electron chi connectivity index (χ1n) is 7.56. The van der Waals surface area contributed by atoms with Crippen LogP contribution in [0.4, 0.5) is 5.00 Å². The number of benzene rings is 1. The van der Waals surface area contributed by atoms with Gasteiger partial charge < -0.3 is 9.73 Å². The van der Waals surface area contributed by atoms with E-state index < -0.39 is 5.91 Å². The lowest BCUT2D eigenvalue weighted by atomic mass is 10.1. The molecule has 0 bridgehead atoms. The number of fused-ring (bicyclic) bond motifs is 2. The molecule has 0 spiro atoms. The third-order valence-electron chi connectivity index (χ3n) is 4.12. The zero-order valence-electron chi connectivity index (χ0n) is 12.6. The maximum atomic E-state index is 12.5. The van der Waals surface area contributed by atoms with Crippen molar-refractivity contribution in [1.82, 2.24) is 0 Å². The van der Waals surface area contributed by atoms with Gasteiger partial charge in [-0.25, -0.2) is 0 Å². The van der Waals surface area contributed by atoms with Crippen LogP contribution in [0.3, 0.4) is 0 Å². The van der Waals surface area contributed by atoms with Crippen molar-refractivity contribution in [3.05, 3.63) is 62.3 Å². The second-order valence-electron chi connectivity index (χ2n) is 5.60. The fourth-order valence-corrected chi connectivity index (χ4v) is 4.23. The maximum absolute atomic E-state index is 12.5. The van der Waals surface area contributed by atoms with Crippen molar-refractivity contribution in [2.75, 3.05) is 5.32 Å². The molecule has 5 nitrogen and oxygen atoms in total. The average Bonchev–Trinajstić information content (AvgIpc) is 3.15. The number of rotatable bonds is 2. The summed E-state index contributed by atoms with van der Waals surface area (Å²) < 4.78 is 5.54. The van der Waals surface area contributed by atoms with Crippen molar-refractivity contribution in [1.29, 1.82) is 5.26 Å². The molecule has 0 unspecified atom stereocenters. The Labute approximate surface area is 141 Å². The Balaban J connectivity index is 1.71. The van der Waals surface area contributed by atoms with Crippen LogP contribution in [0.1, 0.15) is 33.0 Å². The smallest absolute Gasteiger partial charge is 0.292 e. The molecule has 1 aliphatic rings. The van der Waals surface area contributed by atoms with Gasteiger partial charge in [0.25, 0.3) is 5.91 Å². The number of amides is 1. The molecule has 0 fully saturated rings. The van der Waals surface area contributed by atoms with E-state index in [4.69, 9.17) is 4.42 Å². The van der Waals surface area contributed by atoms with Crippen LogP contribution in [-0.4, -0.2) is 5.91 Å². The molecule has 0 radical (unpaired) electrons. The molecule has 118 valence electrons. The molecule has 1 N–H and O–H groups in total. The van der Waals surface area contributed by atoms with Gasteiger partial charge in [0.15, 0.2) is 11.2 Å². The Bertz CT molecular complexity index is 1070. The molecule has 3 aromatic rings. The number of carbonyl (C=O) groups is 1. The van der Waals surface area contributed by atoms with Crippen molar-refractivity contribution in [2.24, 2.45) is 0 Å². The molecule has 2 aromatic heterocycles. The molecular formula is C18H12N2O3S. The Morgan fingerprint density at radius 1 is 1.29 bits per heavy atom. The summed E-state index contributed by atoms with van der Waals surface area (Å²) in [6, 6.07) is 10.1. The zero-order valence-corrected chi connectivity index (χ0v) is 13.4. The van der Waals surface area contributed by atoms with Crippen molar-refractivity contribution in [3.8, 4) is 6.07 Å².